The minimum absolute atomic E-state index is 0.293. The molecule has 9 nitrogen and oxygen atoms in total. The SMILES string of the molecule is Cc1cc(COc2ccc(C(=O)N[C@@H]3C(=O)NCC[C@@H]3C(=O)NO)cc2)c2ccccc2n1. The topological polar surface area (TPSA) is 130 Å². The number of carbonyl (C=O) groups excluding carboxylic acids is 3. The zero-order valence-electron chi connectivity index (χ0n) is 18.0. The van der Waals surface area contributed by atoms with Crippen LogP contribution in [0.25, 0.3) is 10.9 Å². The summed E-state index contributed by atoms with van der Waals surface area (Å²) in [6, 6.07) is 15.3. The van der Waals surface area contributed by atoms with Gasteiger partial charge in [-0.15, -0.1) is 0 Å². The number of aryl methyl sites for hydroxylation is 1. The highest BCUT2D eigenvalue weighted by Crippen LogP contribution is 2.21. The molecule has 1 aliphatic rings. The van der Waals surface area contributed by atoms with Gasteiger partial charge in [-0.2, -0.15) is 0 Å². The number of pyridine rings is 1. The number of nitrogens with zero attached hydrogens (tertiary/aromatic N) is 1. The van der Waals surface area contributed by atoms with Crippen molar-refractivity contribution in [3.05, 3.63) is 71.4 Å². The third kappa shape index (κ3) is 4.93. The van der Waals surface area contributed by atoms with E-state index in [0.717, 1.165) is 22.2 Å². The first-order valence-electron chi connectivity index (χ1n) is 10.6. The Balaban J connectivity index is 1.42. The number of hydrogen-bond donors (Lipinski definition) is 4. The molecule has 33 heavy (non-hydrogen) atoms. The second kappa shape index (κ2) is 9.66. The first-order chi connectivity index (χ1) is 16.0. The largest absolute Gasteiger partial charge is 0.489 e. The van der Waals surface area contributed by atoms with Gasteiger partial charge in [0.15, 0.2) is 0 Å². The molecule has 1 saturated heterocycles. The molecular weight excluding hydrogens is 424 g/mol. The van der Waals surface area contributed by atoms with Gasteiger partial charge < -0.3 is 15.4 Å². The molecule has 1 aromatic heterocycles. The zero-order chi connectivity index (χ0) is 23.4. The molecule has 2 aromatic carbocycles. The molecule has 3 aromatic rings. The fourth-order valence-corrected chi connectivity index (χ4v) is 3.94. The summed E-state index contributed by atoms with van der Waals surface area (Å²) in [5, 5.41) is 15.1. The van der Waals surface area contributed by atoms with Crippen molar-refractivity contribution in [2.45, 2.75) is 26.0 Å². The molecule has 0 unspecified atom stereocenters. The van der Waals surface area contributed by atoms with E-state index in [1.54, 1.807) is 29.7 Å². The summed E-state index contributed by atoms with van der Waals surface area (Å²) in [7, 11) is 0. The lowest BCUT2D eigenvalue weighted by Crippen LogP contribution is -2.58. The molecule has 2 heterocycles. The molecule has 1 fully saturated rings. The average Bonchev–Trinajstić information content (AvgIpc) is 2.83. The number of benzene rings is 2. The lowest BCUT2D eigenvalue weighted by atomic mass is 9.91. The van der Waals surface area contributed by atoms with Gasteiger partial charge in [0, 0.05) is 28.8 Å². The first-order valence-corrected chi connectivity index (χ1v) is 10.6. The Labute approximate surface area is 190 Å². The van der Waals surface area contributed by atoms with Crippen molar-refractivity contribution in [1.82, 2.24) is 21.1 Å². The Hall–Kier alpha value is -3.98. The lowest BCUT2D eigenvalue weighted by Gasteiger charge is -2.30. The number of hydrogen-bond acceptors (Lipinski definition) is 6. The lowest BCUT2D eigenvalue weighted by molar-refractivity contribution is -0.140. The molecule has 0 saturated carbocycles. The number of nitrogens with one attached hydrogen (secondary N) is 3. The molecule has 4 rings (SSSR count). The van der Waals surface area contributed by atoms with Gasteiger partial charge in [0.2, 0.25) is 11.8 Å². The van der Waals surface area contributed by atoms with Gasteiger partial charge in [0.25, 0.3) is 5.91 Å². The van der Waals surface area contributed by atoms with E-state index in [9.17, 15) is 14.4 Å². The van der Waals surface area contributed by atoms with Crippen molar-refractivity contribution in [3.63, 3.8) is 0 Å². The number of piperidine rings is 1. The third-order valence-electron chi connectivity index (χ3n) is 5.61. The maximum absolute atomic E-state index is 12.7. The van der Waals surface area contributed by atoms with Crippen LogP contribution in [0.2, 0.25) is 0 Å². The van der Waals surface area contributed by atoms with E-state index in [1.165, 1.54) is 0 Å². The molecule has 4 N–H and O–H groups in total. The molecule has 0 radical (unpaired) electrons. The van der Waals surface area contributed by atoms with E-state index < -0.39 is 29.7 Å². The Kier molecular flexibility index (Phi) is 6.50. The van der Waals surface area contributed by atoms with Crippen LogP contribution in [-0.4, -0.2) is 40.5 Å². The summed E-state index contributed by atoms with van der Waals surface area (Å²) in [4.78, 5) is 41.2. The van der Waals surface area contributed by atoms with Crippen LogP contribution in [0.5, 0.6) is 5.75 Å². The van der Waals surface area contributed by atoms with Gasteiger partial charge in [-0.3, -0.25) is 24.6 Å². The fraction of sp³-hybridized carbons (Fsp3) is 0.250. The summed E-state index contributed by atoms with van der Waals surface area (Å²) in [6.45, 7) is 2.57. The maximum Gasteiger partial charge on any atom is 0.251 e. The van der Waals surface area contributed by atoms with Crippen molar-refractivity contribution in [1.29, 1.82) is 0 Å². The van der Waals surface area contributed by atoms with Crippen LogP contribution >= 0.6 is 0 Å². The number of aromatic nitrogens is 1. The highest BCUT2D eigenvalue weighted by molar-refractivity contribution is 5.99. The van der Waals surface area contributed by atoms with Gasteiger partial charge >= 0.3 is 0 Å². The minimum atomic E-state index is -1.07. The normalized spacial score (nSPS) is 17.8. The van der Waals surface area contributed by atoms with Crippen LogP contribution in [0.4, 0.5) is 0 Å². The molecule has 0 bridgehead atoms. The van der Waals surface area contributed by atoms with Gasteiger partial charge in [-0.1, -0.05) is 18.2 Å². The van der Waals surface area contributed by atoms with E-state index in [2.05, 4.69) is 15.6 Å². The molecule has 170 valence electrons. The Morgan fingerprint density at radius 3 is 2.70 bits per heavy atom. The van der Waals surface area contributed by atoms with Gasteiger partial charge in [-0.05, 0) is 49.7 Å². The Morgan fingerprint density at radius 1 is 1.18 bits per heavy atom. The molecule has 0 spiro atoms. The maximum atomic E-state index is 12.7. The van der Waals surface area contributed by atoms with Gasteiger partial charge in [0.1, 0.15) is 18.4 Å². The number of para-hydroxylation sites is 1. The minimum Gasteiger partial charge on any atom is -0.489 e. The smallest absolute Gasteiger partial charge is 0.251 e. The standard InChI is InChI=1S/C24H24N4O5/c1-14-12-16(18-4-2-3-5-20(18)26-14)13-33-17-8-6-15(7-9-17)22(29)27-21-19(23(30)28-32)10-11-25-24(21)31/h2-9,12,19,21,32H,10-11,13H2,1H3,(H,25,31)(H,27,29)(H,28,30)/t19-,21-/m0/s1. The number of carbonyl (C=O) groups is 3. The summed E-state index contributed by atoms with van der Waals surface area (Å²) >= 11 is 0. The fourth-order valence-electron chi connectivity index (χ4n) is 3.94. The van der Waals surface area contributed by atoms with Crippen LogP contribution in [0.15, 0.2) is 54.6 Å². The molecular formula is C24H24N4O5. The summed E-state index contributed by atoms with van der Waals surface area (Å²) in [5.41, 5.74) is 4.69. The van der Waals surface area contributed by atoms with Crippen molar-refractivity contribution < 1.29 is 24.3 Å². The summed E-state index contributed by atoms with van der Waals surface area (Å²) in [6.07, 6.45) is 0.305. The van der Waals surface area contributed by atoms with Crippen molar-refractivity contribution in [3.8, 4) is 5.75 Å². The Bertz CT molecular complexity index is 1200. The Morgan fingerprint density at radius 2 is 1.94 bits per heavy atom. The molecule has 0 aliphatic carbocycles. The second-order valence-corrected chi connectivity index (χ2v) is 7.87. The number of rotatable bonds is 6. The van der Waals surface area contributed by atoms with E-state index in [1.807, 2.05) is 37.3 Å². The van der Waals surface area contributed by atoms with Gasteiger partial charge in [0.05, 0.1) is 11.4 Å². The average molecular weight is 448 g/mol. The number of hydroxylamine groups is 1. The van der Waals surface area contributed by atoms with Gasteiger partial charge in [-0.25, -0.2) is 5.48 Å². The van der Waals surface area contributed by atoms with Crippen LogP contribution in [0, 0.1) is 12.8 Å². The predicted octanol–water partition coefficient (Wildman–Crippen LogP) is 1.86. The van der Waals surface area contributed by atoms with Crippen LogP contribution in [0.1, 0.15) is 28.0 Å². The van der Waals surface area contributed by atoms with E-state index >= 15 is 0 Å². The highest BCUT2D eigenvalue weighted by atomic mass is 16.5. The van der Waals surface area contributed by atoms with E-state index in [-0.39, 0.29) is 0 Å². The first kappa shape index (κ1) is 22.2. The third-order valence-corrected chi connectivity index (χ3v) is 5.61. The number of ether oxygens (including phenoxy) is 1. The summed E-state index contributed by atoms with van der Waals surface area (Å²) in [5.74, 6) is -1.96. The van der Waals surface area contributed by atoms with E-state index in [0.29, 0.717) is 30.9 Å². The number of amides is 3. The number of fused-ring (bicyclic) bond motifs is 1. The van der Waals surface area contributed by atoms with Crippen molar-refractivity contribution in [2.24, 2.45) is 5.92 Å². The van der Waals surface area contributed by atoms with E-state index in [4.69, 9.17) is 9.94 Å². The second-order valence-electron chi connectivity index (χ2n) is 7.87. The molecule has 3 amide bonds. The van der Waals surface area contributed by atoms with Crippen molar-refractivity contribution in [2.75, 3.05) is 6.54 Å². The highest BCUT2D eigenvalue weighted by Gasteiger charge is 2.37. The monoisotopic (exact) mass is 448 g/mol. The van der Waals surface area contributed by atoms with Crippen LogP contribution in [-0.2, 0) is 16.2 Å². The van der Waals surface area contributed by atoms with Crippen LogP contribution < -0.4 is 20.9 Å². The van der Waals surface area contributed by atoms with Crippen LogP contribution in [0.3, 0.4) is 0 Å². The summed E-state index contributed by atoms with van der Waals surface area (Å²) < 4.78 is 5.92. The molecule has 1 aliphatic heterocycles. The molecule has 9 heteroatoms. The predicted molar refractivity (Wildman–Crippen MR) is 120 cm³/mol. The zero-order valence-corrected chi connectivity index (χ0v) is 18.0. The molecule has 2 atom stereocenters. The quantitative estimate of drug-likeness (QED) is 0.337. The van der Waals surface area contributed by atoms with Crippen molar-refractivity contribution >= 4 is 28.6 Å².